The van der Waals surface area contributed by atoms with Crippen LogP contribution in [0.25, 0.3) is 0 Å². The molecule has 0 saturated heterocycles. The van der Waals surface area contributed by atoms with Gasteiger partial charge in [-0.2, -0.15) is 0 Å². The summed E-state index contributed by atoms with van der Waals surface area (Å²) < 4.78 is 4.86. The van der Waals surface area contributed by atoms with Crippen molar-refractivity contribution >= 4 is 0 Å². The van der Waals surface area contributed by atoms with E-state index in [9.17, 15) is 0 Å². The summed E-state index contributed by atoms with van der Waals surface area (Å²) in [6, 6.07) is 0. The average molecular weight is 86.1 g/mol. The molecule has 0 aliphatic heterocycles. The van der Waals surface area contributed by atoms with Gasteiger partial charge >= 0.3 is 0 Å². The van der Waals surface area contributed by atoms with Gasteiger partial charge in [0.25, 0.3) is 0 Å². The van der Waals surface area contributed by atoms with E-state index in [0.29, 0.717) is 6.61 Å². The van der Waals surface area contributed by atoms with Gasteiger partial charge in [-0.25, -0.2) is 0 Å². The SMILES string of the molecule is [CH2][CH]COCC. The lowest BCUT2D eigenvalue weighted by Crippen LogP contribution is -1.89. The molecule has 0 aliphatic carbocycles. The maximum atomic E-state index is 4.86. The Morgan fingerprint density at radius 1 is 1.83 bits per heavy atom. The molecule has 0 bridgehead atoms. The Kier molecular flexibility index (Phi) is 4.93. The fraction of sp³-hybridized carbons (Fsp3) is 0.600. The zero-order valence-electron chi connectivity index (χ0n) is 4.11. The van der Waals surface area contributed by atoms with Gasteiger partial charge in [-0.1, -0.05) is 0 Å². The molecule has 0 rings (SSSR count). The van der Waals surface area contributed by atoms with Gasteiger partial charge in [0.1, 0.15) is 0 Å². The molecule has 0 unspecified atom stereocenters. The van der Waals surface area contributed by atoms with E-state index >= 15 is 0 Å². The van der Waals surface area contributed by atoms with Crippen molar-refractivity contribution in [3.8, 4) is 0 Å². The minimum atomic E-state index is 0.677. The van der Waals surface area contributed by atoms with Crippen molar-refractivity contribution in [3.05, 3.63) is 13.3 Å². The second-order valence-electron chi connectivity index (χ2n) is 0.948. The first-order chi connectivity index (χ1) is 2.91. The lowest BCUT2D eigenvalue weighted by molar-refractivity contribution is 0.171. The van der Waals surface area contributed by atoms with Gasteiger partial charge in [-0.3, -0.25) is 0 Å². The van der Waals surface area contributed by atoms with Gasteiger partial charge in [0.15, 0.2) is 0 Å². The van der Waals surface area contributed by atoms with Crippen LogP contribution >= 0.6 is 0 Å². The van der Waals surface area contributed by atoms with Crippen LogP contribution in [0.2, 0.25) is 0 Å². The molecule has 0 aliphatic rings. The largest absolute Gasteiger partial charge is 0.381 e. The first-order valence-electron chi connectivity index (χ1n) is 2.10. The molecule has 0 spiro atoms. The zero-order valence-corrected chi connectivity index (χ0v) is 4.11. The van der Waals surface area contributed by atoms with Crippen molar-refractivity contribution in [2.75, 3.05) is 13.2 Å². The topological polar surface area (TPSA) is 9.23 Å². The minimum absolute atomic E-state index is 0.677. The molecular weight excluding hydrogens is 76.1 g/mol. The lowest BCUT2D eigenvalue weighted by Gasteiger charge is -1.91. The van der Waals surface area contributed by atoms with Gasteiger partial charge in [0.2, 0.25) is 0 Å². The molecule has 0 heterocycles. The smallest absolute Gasteiger partial charge is 0.0497 e. The molecule has 1 heteroatoms. The van der Waals surface area contributed by atoms with Crippen LogP contribution < -0.4 is 0 Å². The number of hydrogen-bond donors (Lipinski definition) is 0. The molecule has 0 saturated carbocycles. The highest BCUT2D eigenvalue weighted by atomic mass is 16.5. The van der Waals surface area contributed by atoms with E-state index in [0.717, 1.165) is 6.61 Å². The van der Waals surface area contributed by atoms with E-state index in [1.54, 1.807) is 6.42 Å². The van der Waals surface area contributed by atoms with E-state index in [1.807, 2.05) is 6.92 Å². The Labute approximate surface area is 39.3 Å². The Balaban J connectivity index is 2.34. The molecule has 0 aromatic carbocycles. The van der Waals surface area contributed by atoms with E-state index < -0.39 is 0 Å². The molecule has 6 heavy (non-hydrogen) atoms. The third-order valence-electron chi connectivity index (χ3n) is 0.440. The molecule has 0 aromatic rings. The summed E-state index contributed by atoms with van der Waals surface area (Å²) in [4.78, 5) is 0. The van der Waals surface area contributed by atoms with Crippen LogP contribution in [0.1, 0.15) is 6.92 Å². The van der Waals surface area contributed by atoms with Crippen LogP contribution in [0, 0.1) is 13.3 Å². The first kappa shape index (κ1) is 5.96. The second kappa shape index (κ2) is 4.96. The van der Waals surface area contributed by atoms with Crippen molar-refractivity contribution in [2.45, 2.75) is 6.92 Å². The Morgan fingerprint density at radius 2 is 2.50 bits per heavy atom. The summed E-state index contributed by atoms with van der Waals surface area (Å²) >= 11 is 0. The van der Waals surface area contributed by atoms with Crippen molar-refractivity contribution in [3.63, 3.8) is 0 Å². The van der Waals surface area contributed by atoms with Crippen LogP contribution in [0.15, 0.2) is 0 Å². The highest BCUT2D eigenvalue weighted by molar-refractivity contribution is 4.63. The molecule has 0 aromatic heterocycles. The van der Waals surface area contributed by atoms with Gasteiger partial charge in [-0.15, -0.1) is 0 Å². The quantitative estimate of drug-likeness (QED) is 0.467. The fourth-order valence-corrected chi connectivity index (χ4v) is 0.201. The Morgan fingerprint density at radius 3 is 2.67 bits per heavy atom. The van der Waals surface area contributed by atoms with Crippen molar-refractivity contribution < 1.29 is 4.74 Å². The van der Waals surface area contributed by atoms with E-state index in [2.05, 4.69) is 6.92 Å². The lowest BCUT2D eigenvalue weighted by atomic mass is 10.5. The average Bonchev–Trinajstić information content (AvgIpc) is 1.61. The van der Waals surface area contributed by atoms with Crippen LogP contribution in [-0.2, 0) is 4.74 Å². The Hall–Kier alpha value is -0.0400. The molecule has 2 radical (unpaired) electrons. The summed E-state index contributed by atoms with van der Waals surface area (Å²) in [5, 5.41) is 0. The van der Waals surface area contributed by atoms with Crippen molar-refractivity contribution in [1.82, 2.24) is 0 Å². The zero-order chi connectivity index (χ0) is 4.83. The monoisotopic (exact) mass is 86.1 g/mol. The summed E-state index contributed by atoms with van der Waals surface area (Å²) in [5.74, 6) is 0. The molecule has 0 atom stereocenters. The highest BCUT2D eigenvalue weighted by Gasteiger charge is 1.73. The van der Waals surface area contributed by atoms with Crippen LogP contribution in [0.5, 0.6) is 0 Å². The fourth-order valence-electron chi connectivity index (χ4n) is 0.201. The second-order valence-corrected chi connectivity index (χ2v) is 0.948. The van der Waals surface area contributed by atoms with Crippen molar-refractivity contribution in [1.29, 1.82) is 0 Å². The molecular formula is C5H10O. The number of hydrogen-bond acceptors (Lipinski definition) is 1. The normalized spacial score (nSPS) is 9.00. The van der Waals surface area contributed by atoms with Crippen molar-refractivity contribution in [2.24, 2.45) is 0 Å². The van der Waals surface area contributed by atoms with E-state index in [4.69, 9.17) is 4.74 Å². The van der Waals surface area contributed by atoms with E-state index in [-0.39, 0.29) is 0 Å². The number of rotatable bonds is 3. The van der Waals surface area contributed by atoms with Crippen LogP contribution in [0.4, 0.5) is 0 Å². The predicted octanol–water partition coefficient (Wildman–Crippen LogP) is 1.06. The highest BCUT2D eigenvalue weighted by Crippen LogP contribution is 1.73. The first-order valence-corrected chi connectivity index (χ1v) is 2.10. The molecule has 0 fully saturated rings. The predicted molar refractivity (Wildman–Crippen MR) is 26.1 cm³/mol. The standard InChI is InChI=1S/C5H10O/c1-3-5-6-4-2/h3H,1,4-5H2,2H3. The molecule has 36 valence electrons. The van der Waals surface area contributed by atoms with Crippen LogP contribution in [-0.4, -0.2) is 13.2 Å². The summed E-state index contributed by atoms with van der Waals surface area (Å²) in [6.07, 6.45) is 1.74. The molecule has 0 amide bonds. The third-order valence-corrected chi connectivity index (χ3v) is 0.440. The van der Waals surface area contributed by atoms with Gasteiger partial charge < -0.3 is 4.74 Å². The van der Waals surface area contributed by atoms with Gasteiger partial charge in [-0.05, 0) is 20.3 Å². The molecule has 1 nitrogen and oxygen atoms in total. The third kappa shape index (κ3) is 3.96. The summed E-state index contributed by atoms with van der Waals surface area (Å²) in [7, 11) is 0. The van der Waals surface area contributed by atoms with Gasteiger partial charge in [0.05, 0.1) is 0 Å². The van der Waals surface area contributed by atoms with Gasteiger partial charge in [0, 0.05) is 13.2 Å². The maximum absolute atomic E-state index is 4.86. The Bertz CT molecular complexity index is 15.9. The molecule has 0 N–H and O–H groups in total. The summed E-state index contributed by atoms with van der Waals surface area (Å²) in [5.41, 5.74) is 0. The van der Waals surface area contributed by atoms with Crippen LogP contribution in [0.3, 0.4) is 0 Å². The van der Waals surface area contributed by atoms with E-state index in [1.165, 1.54) is 0 Å². The number of ether oxygens (including phenoxy) is 1. The summed E-state index contributed by atoms with van der Waals surface area (Å²) in [6.45, 7) is 6.90. The maximum Gasteiger partial charge on any atom is 0.0497 e. The minimum Gasteiger partial charge on any atom is -0.381 e.